The lowest BCUT2D eigenvalue weighted by Gasteiger charge is -2.41. The summed E-state index contributed by atoms with van der Waals surface area (Å²) in [4.78, 5) is 25.8. The highest BCUT2D eigenvalue weighted by Gasteiger charge is 2.35. The van der Waals surface area contributed by atoms with Crippen molar-refractivity contribution in [2.24, 2.45) is 17.1 Å². The van der Waals surface area contributed by atoms with Crippen molar-refractivity contribution in [1.29, 1.82) is 0 Å². The maximum atomic E-state index is 12.4. The second kappa shape index (κ2) is 6.77. The maximum Gasteiger partial charge on any atom is 0.222 e. The Hall–Kier alpha value is -1.10. The van der Waals surface area contributed by atoms with E-state index < -0.39 is 0 Å². The van der Waals surface area contributed by atoms with Crippen LogP contribution in [0.1, 0.15) is 52.4 Å². The Balaban J connectivity index is 1.80. The first-order chi connectivity index (χ1) is 9.91. The summed E-state index contributed by atoms with van der Waals surface area (Å²) in [7, 11) is 0. The zero-order valence-electron chi connectivity index (χ0n) is 13.4. The third-order valence-electron chi connectivity index (χ3n) is 5.01. The van der Waals surface area contributed by atoms with Crippen LogP contribution in [0.25, 0.3) is 0 Å². The zero-order valence-corrected chi connectivity index (χ0v) is 13.4. The number of nitrogens with two attached hydrogens (primary N) is 1. The van der Waals surface area contributed by atoms with E-state index in [1.165, 1.54) is 0 Å². The Kier molecular flexibility index (Phi) is 5.25. The molecule has 2 heterocycles. The first-order valence-corrected chi connectivity index (χ1v) is 8.18. The van der Waals surface area contributed by atoms with Crippen LogP contribution < -0.4 is 11.1 Å². The van der Waals surface area contributed by atoms with Crippen molar-refractivity contribution in [1.82, 2.24) is 10.2 Å². The quantitative estimate of drug-likeness (QED) is 0.802. The van der Waals surface area contributed by atoms with Crippen LogP contribution in [0.4, 0.5) is 0 Å². The highest BCUT2D eigenvalue weighted by Crippen LogP contribution is 2.29. The molecule has 0 aliphatic carbocycles. The van der Waals surface area contributed by atoms with E-state index in [4.69, 9.17) is 5.73 Å². The number of hydrogen-bond donors (Lipinski definition) is 2. The van der Waals surface area contributed by atoms with Crippen LogP contribution in [-0.2, 0) is 9.59 Å². The van der Waals surface area contributed by atoms with Crippen molar-refractivity contribution in [3.05, 3.63) is 0 Å². The summed E-state index contributed by atoms with van der Waals surface area (Å²) >= 11 is 0. The molecule has 2 aliphatic rings. The van der Waals surface area contributed by atoms with Crippen LogP contribution in [-0.4, -0.2) is 42.4 Å². The van der Waals surface area contributed by atoms with Gasteiger partial charge in [0.15, 0.2) is 0 Å². The van der Waals surface area contributed by atoms with Gasteiger partial charge in [0.2, 0.25) is 11.8 Å². The van der Waals surface area contributed by atoms with E-state index in [1.54, 1.807) is 0 Å². The number of carbonyl (C=O) groups excluding carboxylic acids is 2. The summed E-state index contributed by atoms with van der Waals surface area (Å²) in [6.07, 6.45) is 4.87. The van der Waals surface area contributed by atoms with Crippen molar-refractivity contribution >= 4 is 11.8 Å². The minimum Gasteiger partial charge on any atom is -0.353 e. The van der Waals surface area contributed by atoms with Gasteiger partial charge < -0.3 is 16.0 Å². The molecule has 0 aromatic carbocycles. The summed E-state index contributed by atoms with van der Waals surface area (Å²) in [5, 5.41) is 3.06. The molecule has 5 heteroatoms. The third-order valence-corrected chi connectivity index (χ3v) is 5.01. The van der Waals surface area contributed by atoms with Crippen LogP contribution >= 0.6 is 0 Å². The molecule has 0 saturated carbocycles. The zero-order chi connectivity index (χ0) is 15.5. The fourth-order valence-corrected chi connectivity index (χ4v) is 3.46. The van der Waals surface area contributed by atoms with E-state index in [2.05, 4.69) is 19.2 Å². The van der Waals surface area contributed by atoms with E-state index in [1.807, 2.05) is 4.90 Å². The minimum atomic E-state index is 0.140. The molecular formula is C16H29N3O2. The molecule has 2 saturated heterocycles. The summed E-state index contributed by atoms with van der Waals surface area (Å²) in [5.41, 5.74) is 5.76. The largest absolute Gasteiger partial charge is 0.353 e. The topological polar surface area (TPSA) is 75.4 Å². The first kappa shape index (κ1) is 16.3. The van der Waals surface area contributed by atoms with Gasteiger partial charge in [-0.15, -0.1) is 0 Å². The molecule has 0 bridgehead atoms. The van der Waals surface area contributed by atoms with E-state index in [0.717, 1.165) is 38.8 Å². The van der Waals surface area contributed by atoms with E-state index in [0.29, 0.717) is 25.3 Å². The third kappa shape index (κ3) is 4.43. The van der Waals surface area contributed by atoms with Gasteiger partial charge in [0.25, 0.3) is 0 Å². The van der Waals surface area contributed by atoms with Crippen molar-refractivity contribution in [3.63, 3.8) is 0 Å². The summed E-state index contributed by atoms with van der Waals surface area (Å²) in [5.74, 6) is 0.868. The Bertz CT molecular complexity index is 395. The number of amides is 2. The number of nitrogens with zero attached hydrogens (tertiary/aromatic N) is 1. The highest BCUT2D eigenvalue weighted by atomic mass is 16.2. The number of rotatable bonds is 5. The molecule has 0 aromatic rings. The fraction of sp³-hybridized carbons (Fsp3) is 0.875. The Morgan fingerprint density at radius 3 is 2.86 bits per heavy atom. The summed E-state index contributed by atoms with van der Waals surface area (Å²) < 4.78 is 0. The molecule has 2 unspecified atom stereocenters. The molecule has 2 rings (SSSR count). The standard InChI is InChI=1S/C16H29N3O2/c1-16(2,8-9-17)7-5-15(21)19-10-6-13-12(11-19)3-4-14(20)18-13/h12-13H,3-11,17H2,1-2H3,(H,18,20). The second-order valence-electron chi connectivity index (χ2n) is 7.30. The summed E-state index contributed by atoms with van der Waals surface area (Å²) in [6, 6.07) is 0.281. The predicted molar refractivity (Wildman–Crippen MR) is 82.5 cm³/mol. The Morgan fingerprint density at radius 2 is 2.14 bits per heavy atom. The van der Waals surface area contributed by atoms with Crippen LogP contribution in [0, 0.1) is 11.3 Å². The Morgan fingerprint density at radius 1 is 1.38 bits per heavy atom. The molecule has 0 spiro atoms. The molecule has 120 valence electrons. The molecule has 2 atom stereocenters. The van der Waals surface area contributed by atoms with Gasteiger partial charge in [0, 0.05) is 32.0 Å². The number of likely N-dealkylation sites (tertiary alicyclic amines) is 1. The van der Waals surface area contributed by atoms with Gasteiger partial charge in [-0.1, -0.05) is 13.8 Å². The van der Waals surface area contributed by atoms with Crippen LogP contribution in [0.15, 0.2) is 0 Å². The molecule has 2 amide bonds. The first-order valence-electron chi connectivity index (χ1n) is 8.18. The molecule has 5 nitrogen and oxygen atoms in total. The molecule has 2 aliphatic heterocycles. The van der Waals surface area contributed by atoms with Crippen molar-refractivity contribution in [2.45, 2.75) is 58.4 Å². The van der Waals surface area contributed by atoms with Crippen LogP contribution in [0.5, 0.6) is 0 Å². The van der Waals surface area contributed by atoms with E-state index in [-0.39, 0.29) is 23.3 Å². The number of fused-ring (bicyclic) bond motifs is 1. The normalized spacial score (nSPS) is 26.2. The Labute approximate surface area is 127 Å². The lowest BCUT2D eigenvalue weighted by atomic mass is 9.83. The fourth-order valence-electron chi connectivity index (χ4n) is 3.46. The molecule has 3 N–H and O–H groups in total. The van der Waals surface area contributed by atoms with Crippen LogP contribution in [0.3, 0.4) is 0 Å². The smallest absolute Gasteiger partial charge is 0.222 e. The molecule has 2 fully saturated rings. The van der Waals surface area contributed by atoms with Crippen molar-refractivity contribution in [2.75, 3.05) is 19.6 Å². The molecule has 0 radical (unpaired) electrons. The summed E-state index contributed by atoms with van der Waals surface area (Å²) in [6.45, 7) is 6.61. The monoisotopic (exact) mass is 295 g/mol. The van der Waals surface area contributed by atoms with Crippen molar-refractivity contribution < 1.29 is 9.59 Å². The van der Waals surface area contributed by atoms with Gasteiger partial charge in [-0.2, -0.15) is 0 Å². The van der Waals surface area contributed by atoms with Gasteiger partial charge >= 0.3 is 0 Å². The number of piperidine rings is 2. The number of nitrogens with one attached hydrogen (secondary N) is 1. The average Bonchev–Trinajstić information content (AvgIpc) is 2.44. The van der Waals surface area contributed by atoms with Gasteiger partial charge in [-0.05, 0) is 43.6 Å². The lowest BCUT2D eigenvalue weighted by molar-refractivity contribution is -0.135. The van der Waals surface area contributed by atoms with E-state index >= 15 is 0 Å². The van der Waals surface area contributed by atoms with Gasteiger partial charge in [0.1, 0.15) is 0 Å². The van der Waals surface area contributed by atoms with E-state index in [9.17, 15) is 9.59 Å². The minimum absolute atomic E-state index is 0.140. The lowest BCUT2D eigenvalue weighted by Crippen LogP contribution is -2.55. The van der Waals surface area contributed by atoms with Gasteiger partial charge in [-0.3, -0.25) is 9.59 Å². The molecule has 0 aromatic heterocycles. The predicted octanol–water partition coefficient (Wildman–Crippen LogP) is 1.27. The molecular weight excluding hydrogens is 266 g/mol. The van der Waals surface area contributed by atoms with Crippen LogP contribution in [0.2, 0.25) is 0 Å². The highest BCUT2D eigenvalue weighted by molar-refractivity contribution is 5.78. The number of hydrogen-bond acceptors (Lipinski definition) is 3. The van der Waals surface area contributed by atoms with Gasteiger partial charge in [0.05, 0.1) is 0 Å². The maximum absolute atomic E-state index is 12.4. The van der Waals surface area contributed by atoms with Gasteiger partial charge in [-0.25, -0.2) is 0 Å². The SMILES string of the molecule is CC(C)(CCN)CCC(=O)N1CCC2NC(=O)CCC2C1. The molecule has 21 heavy (non-hydrogen) atoms. The van der Waals surface area contributed by atoms with Crippen molar-refractivity contribution in [3.8, 4) is 0 Å². The average molecular weight is 295 g/mol. The number of carbonyl (C=O) groups is 2. The second-order valence-corrected chi connectivity index (χ2v) is 7.30.